The normalized spacial score (nSPS) is 10.1. The number of anilines is 1. The van der Waals surface area contributed by atoms with Crippen molar-refractivity contribution in [2.24, 2.45) is 0 Å². The van der Waals surface area contributed by atoms with Crippen molar-refractivity contribution in [3.05, 3.63) is 50.1 Å². The molecule has 1 amide bonds. The van der Waals surface area contributed by atoms with Crippen molar-refractivity contribution in [1.82, 2.24) is 4.98 Å². The van der Waals surface area contributed by atoms with Crippen molar-refractivity contribution in [3.63, 3.8) is 0 Å². The van der Waals surface area contributed by atoms with E-state index in [0.717, 1.165) is 5.56 Å². The first-order valence-electron chi connectivity index (χ1n) is 5.69. The molecule has 0 aliphatic carbocycles. The molecule has 2 aromatic heterocycles. The molecule has 0 saturated carbocycles. The number of carbonyl (C=O) groups is 2. The summed E-state index contributed by atoms with van der Waals surface area (Å²) < 4.78 is 4.65. The maximum atomic E-state index is 12.1. The maximum Gasteiger partial charge on any atom is 0.350 e. The molecule has 0 fully saturated rings. The number of aromatic nitrogens is 1. The fourth-order valence-electron chi connectivity index (χ4n) is 1.62. The minimum Gasteiger partial charge on any atom is -0.465 e. The third-order valence-corrected chi connectivity index (χ3v) is 3.73. The third kappa shape index (κ3) is 2.62. The number of pyridine rings is 1. The van der Waals surface area contributed by atoms with Gasteiger partial charge in [0, 0.05) is 18.5 Å². The van der Waals surface area contributed by atoms with E-state index in [9.17, 15) is 14.4 Å². The second-order valence-electron chi connectivity index (χ2n) is 3.99. The molecular weight excluding hydrogens is 280 g/mol. The highest BCUT2D eigenvalue weighted by atomic mass is 32.1. The van der Waals surface area contributed by atoms with E-state index >= 15 is 0 Å². The number of rotatable bonds is 3. The molecule has 0 aliphatic rings. The molecule has 104 valence electrons. The van der Waals surface area contributed by atoms with Crippen LogP contribution in [0.15, 0.2) is 28.6 Å². The van der Waals surface area contributed by atoms with Crippen LogP contribution in [0, 0.1) is 6.92 Å². The van der Waals surface area contributed by atoms with Crippen LogP contribution in [0.1, 0.15) is 25.6 Å². The number of hydrogen-bond acceptors (Lipinski definition) is 5. The topological polar surface area (TPSA) is 88.3 Å². The Morgan fingerprint density at radius 1 is 1.40 bits per heavy atom. The Bertz CT molecular complexity index is 717. The summed E-state index contributed by atoms with van der Waals surface area (Å²) in [5.41, 5.74) is 0.689. The van der Waals surface area contributed by atoms with Gasteiger partial charge in [-0.1, -0.05) is 0 Å². The van der Waals surface area contributed by atoms with Gasteiger partial charge in [0.25, 0.3) is 5.91 Å². The molecule has 0 atom stereocenters. The fourth-order valence-corrected chi connectivity index (χ4v) is 2.54. The number of carbonyl (C=O) groups excluding carboxylic acids is 2. The van der Waals surface area contributed by atoms with Gasteiger partial charge in [-0.3, -0.25) is 9.59 Å². The summed E-state index contributed by atoms with van der Waals surface area (Å²) in [7, 11) is 1.27. The van der Waals surface area contributed by atoms with E-state index in [4.69, 9.17) is 0 Å². The highest BCUT2D eigenvalue weighted by Crippen LogP contribution is 2.28. The summed E-state index contributed by atoms with van der Waals surface area (Å²) >= 11 is 1.18. The summed E-state index contributed by atoms with van der Waals surface area (Å²) in [4.78, 5) is 38.2. The van der Waals surface area contributed by atoms with Gasteiger partial charge in [-0.25, -0.2) is 4.79 Å². The van der Waals surface area contributed by atoms with Gasteiger partial charge in [-0.15, -0.1) is 11.3 Å². The van der Waals surface area contributed by atoms with Gasteiger partial charge < -0.3 is 15.0 Å². The van der Waals surface area contributed by atoms with E-state index < -0.39 is 17.3 Å². The Kier molecular flexibility index (Phi) is 3.99. The van der Waals surface area contributed by atoms with Crippen LogP contribution in [0.25, 0.3) is 0 Å². The SMILES string of the molecule is COC(=O)c1scc(C)c1NC(=O)c1c[nH]ccc1=O. The second kappa shape index (κ2) is 5.70. The molecule has 0 aliphatic heterocycles. The monoisotopic (exact) mass is 292 g/mol. The molecule has 2 N–H and O–H groups in total. The largest absolute Gasteiger partial charge is 0.465 e. The van der Waals surface area contributed by atoms with Crippen LogP contribution in [0.2, 0.25) is 0 Å². The molecule has 0 saturated heterocycles. The van der Waals surface area contributed by atoms with Crippen molar-refractivity contribution >= 4 is 28.9 Å². The summed E-state index contributed by atoms with van der Waals surface area (Å²) in [5.74, 6) is -1.10. The summed E-state index contributed by atoms with van der Waals surface area (Å²) in [5, 5.41) is 4.32. The van der Waals surface area contributed by atoms with Crippen LogP contribution in [0.5, 0.6) is 0 Å². The molecule has 0 radical (unpaired) electrons. The first-order valence-corrected chi connectivity index (χ1v) is 6.57. The molecule has 20 heavy (non-hydrogen) atoms. The van der Waals surface area contributed by atoms with Crippen molar-refractivity contribution in [1.29, 1.82) is 0 Å². The van der Waals surface area contributed by atoms with Gasteiger partial charge in [0.2, 0.25) is 0 Å². The van der Waals surface area contributed by atoms with Crippen LogP contribution >= 0.6 is 11.3 Å². The summed E-state index contributed by atoms with van der Waals surface area (Å²) in [6.45, 7) is 1.76. The predicted molar refractivity (Wildman–Crippen MR) is 75.4 cm³/mol. The Morgan fingerprint density at radius 3 is 2.80 bits per heavy atom. The zero-order chi connectivity index (χ0) is 14.7. The first kappa shape index (κ1) is 14.0. The van der Waals surface area contributed by atoms with E-state index in [1.165, 1.54) is 36.9 Å². The number of aryl methyl sites for hydroxylation is 1. The Balaban J connectivity index is 2.34. The lowest BCUT2D eigenvalue weighted by molar-refractivity contribution is 0.0607. The van der Waals surface area contributed by atoms with E-state index in [1.807, 2.05) is 0 Å². The minimum absolute atomic E-state index is 0.0195. The van der Waals surface area contributed by atoms with Gasteiger partial charge in [0.1, 0.15) is 10.4 Å². The van der Waals surface area contributed by atoms with Gasteiger partial charge in [0.05, 0.1) is 12.8 Å². The number of methoxy groups -OCH3 is 1. The van der Waals surface area contributed by atoms with Crippen LogP contribution in [0.4, 0.5) is 5.69 Å². The molecule has 0 aromatic carbocycles. The molecule has 7 heteroatoms. The number of aromatic amines is 1. The minimum atomic E-state index is -0.571. The van der Waals surface area contributed by atoms with Crippen molar-refractivity contribution in [2.45, 2.75) is 6.92 Å². The highest BCUT2D eigenvalue weighted by molar-refractivity contribution is 7.12. The molecule has 2 heterocycles. The number of nitrogens with one attached hydrogen (secondary N) is 2. The number of amides is 1. The van der Waals surface area contributed by atoms with Gasteiger partial charge in [0.15, 0.2) is 5.43 Å². The number of thiophene rings is 1. The van der Waals surface area contributed by atoms with Crippen LogP contribution in [0.3, 0.4) is 0 Å². The van der Waals surface area contributed by atoms with E-state index in [2.05, 4.69) is 15.0 Å². The number of esters is 1. The molecule has 2 aromatic rings. The van der Waals surface area contributed by atoms with Crippen LogP contribution in [-0.4, -0.2) is 24.0 Å². The first-order chi connectivity index (χ1) is 9.54. The molecule has 0 bridgehead atoms. The summed E-state index contributed by atoms with van der Waals surface area (Å²) in [6, 6.07) is 1.26. The zero-order valence-corrected chi connectivity index (χ0v) is 11.7. The average molecular weight is 292 g/mol. The van der Waals surface area contributed by atoms with Crippen molar-refractivity contribution < 1.29 is 14.3 Å². The molecule has 0 spiro atoms. The Labute approximate surface area is 118 Å². The lowest BCUT2D eigenvalue weighted by Gasteiger charge is -2.06. The smallest absolute Gasteiger partial charge is 0.350 e. The van der Waals surface area contributed by atoms with E-state index in [0.29, 0.717) is 10.6 Å². The van der Waals surface area contributed by atoms with Gasteiger partial charge in [-0.05, 0) is 17.9 Å². The number of H-pyrrole nitrogens is 1. The number of ether oxygens (including phenoxy) is 1. The average Bonchev–Trinajstić information content (AvgIpc) is 2.80. The lowest BCUT2D eigenvalue weighted by atomic mass is 10.2. The Morgan fingerprint density at radius 2 is 2.15 bits per heavy atom. The standard InChI is InChI=1S/C13H12N2O4S/c1-7-6-20-11(13(18)19-2)10(7)15-12(17)8-5-14-4-3-9(8)16/h3-6H,1-2H3,(H,14,16)(H,15,17). The van der Waals surface area contributed by atoms with Gasteiger partial charge in [-0.2, -0.15) is 0 Å². The van der Waals surface area contributed by atoms with Crippen molar-refractivity contribution in [2.75, 3.05) is 12.4 Å². The predicted octanol–water partition coefficient (Wildman–Crippen LogP) is 1.78. The molecular formula is C13H12N2O4S. The van der Waals surface area contributed by atoms with Crippen LogP contribution < -0.4 is 10.7 Å². The quantitative estimate of drug-likeness (QED) is 0.844. The van der Waals surface area contributed by atoms with Crippen LogP contribution in [-0.2, 0) is 4.74 Å². The highest BCUT2D eigenvalue weighted by Gasteiger charge is 2.20. The molecule has 2 rings (SSSR count). The molecule has 0 unspecified atom stereocenters. The lowest BCUT2D eigenvalue weighted by Crippen LogP contribution is -2.22. The molecule has 6 nitrogen and oxygen atoms in total. The Hall–Kier alpha value is -2.41. The van der Waals surface area contributed by atoms with Crippen molar-refractivity contribution in [3.8, 4) is 0 Å². The second-order valence-corrected chi connectivity index (χ2v) is 4.87. The maximum absolute atomic E-state index is 12.1. The zero-order valence-electron chi connectivity index (χ0n) is 10.9. The summed E-state index contributed by atoms with van der Waals surface area (Å²) in [6.07, 6.45) is 2.76. The third-order valence-electron chi connectivity index (χ3n) is 2.65. The fraction of sp³-hybridized carbons (Fsp3) is 0.154. The van der Waals surface area contributed by atoms with Gasteiger partial charge >= 0.3 is 5.97 Å². The number of hydrogen-bond donors (Lipinski definition) is 2. The van der Waals surface area contributed by atoms with E-state index in [1.54, 1.807) is 12.3 Å². The van der Waals surface area contributed by atoms with E-state index in [-0.39, 0.29) is 5.56 Å².